The van der Waals surface area contributed by atoms with Crippen LogP contribution in [0.3, 0.4) is 0 Å². The van der Waals surface area contributed by atoms with Gasteiger partial charge in [0.05, 0.1) is 32.5 Å². The van der Waals surface area contributed by atoms with Crippen LogP contribution >= 0.6 is 11.8 Å². The molecule has 166 valence electrons. The minimum absolute atomic E-state index is 0.0575. The fraction of sp³-hybridized carbons (Fsp3) is 0.0833. The lowest BCUT2D eigenvalue weighted by Gasteiger charge is -2.10. The molecule has 0 saturated carbocycles. The fourth-order valence-corrected chi connectivity index (χ4v) is 4.18. The lowest BCUT2D eigenvalue weighted by atomic mass is 10.1. The molecule has 9 heteroatoms. The molecule has 0 amide bonds. The van der Waals surface area contributed by atoms with E-state index in [0.29, 0.717) is 26.7 Å². The highest BCUT2D eigenvalue weighted by Crippen LogP contribution is 2.42. The van der Waals surface area contributed by atoms with Gasteiger partial charge in [-0.1, -0.05) is 54.2 Å². The zero-order chi connectivity index (χ0) is 23.4. The first-order valence-corrected chi connectivity index (χ1v) is 10.8. The summed E-state index contributed by atoms with van der Waals surface area (Å²) in [5.74, 6) is -0.801. The molecule has 7 nitrogen and oxygen atoms in total. The summed E-state index contributed by atoms with van der Waals surface area (Å²) in [4.78, 5) is 24.7. The number of hydrogen-bond acceptors (Lipinski definition) is 6. The summed E-state index contributed by atoms with van der Waals surface area (Å²) < 4.78 is 20.4. The third kappa shape index (κ3) is 5.09. The molecular weight excluding hydrogens is 445 g/mol. The highest BCUT2D eigenvalue weighted by molar-refractivity contribution is 7.99. The monoisotopic (exact) mass is 463 g/mol. The lowest BCUT2D eigenvalue weighted by molar-refractivity contribution is -0.387. The van der Waals surface area contributed by atoms with Crippen molar-refractivity contribution < 1.29 is 18.8 Å². The Bertz CT molecular complexity index is 1310. The van der Waals surface area contributed by atoms with Gasteiger partial charge >= 0.3 is 5.97 Å². The summed E-state index contributed by atoms with van der Waals surface area (Å²) in [6, 6.07) is 21.0. The van der Waals surface area contributed by atoms with Gasteiger partial charge in [-0.2, -0.15) is 9.78 Å². The number of nitrogens with zero attached hydrogens (tertiary/aromatic N) is 3. The second kappa shape index (κ2) is 9.66. The fourth-order valence-electron chi connectivity index (χ4n) is 3.16. The molecule has 0 aliphatic rings. The molecule has 0 radical (unpaired) electrons. The maximum atomic E-state index is 13.2. The lowest BCUT2D eigenvalue weighted by Crippen LogP contribution is -2.14. The van der Waals surface area contributed by atoms with E-state index in [1.54, 1.807) is 25.1 Å². The number of carbonyl (C=O) groups excluding carboxylic acids is 1. The Balaban J connectivity index is 1.72. The van der Waals surface area contributed by atoms with Gasteiger partial charge in [-0.25, -0.2) is 4.39 Å². The van der Waals surface area contributed by atoms with E-state index in [1.165, 1.54) is 35.0 Å². The van der Waals surface area contributed by atoms with E-state index in [4.69, 9.17) is 4.74 Å². The number of carbonyl (C=O) groups is 1. The highest BCUT2D eigenvalue weighted by Gasteiger charge is 2.24. The number of para-hydroxylation sites is 2. The van der Waals surface area contributed by atoms with Crippen LogP contribution in [-0.4, -0.2) is 20.7 Å². The van der Waals surface area contributed by atoms with Crippen LogP contribution in [0.2, 0.25) is 0 Å². The molecule has 0 atom stereocenters. The predicted octanol–water partition coefficient (Wildman–Crippen LogP) is 5.53. The molecule has 0 fully saturated rings. The molecule has 0 unspecified atom stereocenters. The van der Waals surface area contributed by atoms with Gasteiger partial charge in [0, 0.05) is 6.07 Å². The Kier molecular flexibility index (Phi) is 6.50. The summed E-state index contributed by atoms with van der Waals surface area (Å²) in [5, 5.41) is 16.0. The van der Waals surface area contributed by atoms with E-state index in [-0.39, 0.29) is 18.0 Å². The van der Waals surface area contributed by atoms with Crippen molar-refractivity contribution in [2.45, 2.75) is 23.1 Å². The molecule has 4 rings (SSSR count). The van der Waals surface area contributed by atoms with Crippen LogP contribution in [0, 0.1) is 22.9 Å². The summed E-state index contributed by atoms with van der Waals surface area (Å²) in [5.41, 5.74) is 1.75. The van der Waals surface area contributed by atoms with Crippen LogP contribution in [0.4, 0.5) is 10.1 Å². The van der Waals surface area contributed by atoms with Gasteiger partial charge in [0.25, 0.3) is 5.69 Å². The van der Waals surface area contributed by atoms with Crippen molar-refractivity contribution in [3.8, 4) is 11.6 Å². The maximum Gasteiger partial charge on any atom is 0.317 e. The van der Waals surface area contributed by atoms with E-state index < -0.39 is 16.7 Å². The van der Waals surface area contributed by atoms with Gasteiger partial charge in [-0.3, -0.25) is 14.9 Å². The summed E-state index contributed by atoms with van der Waals surface area (Å²) >= 11 is 1.11. The minimum Gasteiger partial charge on any atom is -0.406 e. The predicted molar refractivity (Wildman–Crippen MR) is 121 cm³/mol. The van der Waals surface area contributed by atoms with Gasteiger partial charge < -0.3 is 4.74 Å². The van der Waals surface area contributed by atoms with Crippen molar-refractivity contribution in [1.82, 2.24) is 9.78 Å². The van der Waals surface area contributed by atoms with Crippen LogP contribution < -0.4 is 4.74 Å². The number of aryl methyl sites for hydroxylation is 1. The summed E-state index contributed by atoms with van der Waals surface area (Å²) in [7, 11) is 0. The Labute approximate surface area is 193 Å². The maximum absolute atomic E-state index is 13.2. The molecule has 1 heterocycles. The number of aromatic nitrogens is 2. The summed E-state index contributed by atoms with van der Waals surface area (Å²) in [6.07, 6.45) is -0.0745. The minimum atomic E-state index is -0.567. The highest BCUT2D eigenvalue weighted by atomic mass is 32.2. The molecule has 33 heavy (non-hydrogen) atoms. The molecule has 0 aliphatic heterocycles. The van der Waals surface area contributed by atoms with Crippen molar-refractivity contribution in [2.75, 3.05) is 0 Å². The zero-order valence-corrected chi connectivity index (χ0v) is 18.3. The van der Waals surface area contributed by atoms with Crippen LogP contribution in [0.5, 0.6) is 5.88 Å². The second-order valence-corrected chi connectivity index (χ2v) is 8.12. The number of benzene rings is 3. The van der Waals surface area contributed by atoms with Crippen LogP contribution in [-0.2, 0) is 11.2 Å². The summed E-state index contributed by atoms with van der Waals surface area (Å²) in [6.45, 7) is 1.74. The van der Waals surface area contributed by atoms with Crippen molar-refractivity contribution in [3.63, 3.8) is 0 Å². The topological polar surface area (TPSA) is 87.3 Å². The quantitative estimate of drug-likeness (QED) is 0.204. The van der Waals surface area contributed by atoms with Crippen LogP contribution in [0.25, 0.3) is 5.69 Å². The zero-order valence-electron chi connectivity index (χ0n) is 17.5. The van der Waals surface area contributed by atoms with Crippen molar-refractivity contribution in [3.05, 3.63) is 106 Å². The average molecular weight is 463 g/mol. The van der Waals surface area contributed by atoms with Crippen LogP contribution in [0.1, 0.15) is 11.3 Å². The largest absolute Gasteiger partial charge is 0.406 e. The SMILES string of the molecule is Cc1nn(-c2ccccc2)c(OC(=O)Cc2ccc(F)cc2)c1Sc1ccccc1[N+](=O)[O-]. The van der Waals surface area contributed by atoms with Gasteiger partial charge in [-0.15, -0.1) is 0 Å². The van der Waals surface area contributed by atoms with Gasteiger partial charge in [-0.05, 0) is 42.8 Å². The Morgan fingerprint density at radius 3 is 2.42 bits per heavy atom. The number of rotatable bonds is 7. The van der Waals surface area contributed by atoms with E-state index in [1.807, 2.05) is 30.3 Å². The third-order valence-corrected chi connectivity index (χ3v) is 5.95. The molecule has 0 aliphatic carbocycles. The first kappa shape index (κ1) is 22.2. The number of halogens is 1. The molecule has 1 aromatic heterocycles. The van der Waals surface area contributed by atoms with Crippen molar-refractivity contribution >= 4 is 23.4 Å². The van der Waals surface area contributed by atoms with Crippen molar-refractivity contribution in [1.29, 1.82) is 0 Å². The standard InChI is InChI=1S/C24H18FN3O4S/c1-16-23(33-21-10-6-5-9-20(21)28(30)31)24(27(26-16)19-7-3-2-4-8-19)32-22(29)15-17-11-13-18(25)14-12-17/h2-14H,15H2,1H3. The molecule has 0 saturated heterocycles. The molecule has 0 spiro atoms. The Morgan fingerprint density at radius 2 is 1.73 bits per heavy atom. The first-order valence-electron chi connectivity index (χ1n) is 9.94. The first-order chi connectivity index (χ1) is 15.9. The average Bonchev–Trinajstić information content (AvgIpc) is 3.11. The normalized spacial score (nSPS) is 10.7. The van der Waals surface area contributed by atoms with Gasteiger partial charge in [0.2, 0.25) is 5.88 Å². The molecule has 4 aromatic rings. The second-order valence-electron chi connectivity index (χ2n) is 7.07. The number of nitro groups is 1. The third-order valence-electron chi connectivity index (χ3n) is 4.71. The molecule has 0 bridgehead atoms. The van der Waals surface area contributed by atoms with E-state index >= 15 is 0 Å². The smallest absolute Gasteiger partial charge is 0.317 e. The van der Waals surface area contributed by atoms with E-state index in [0.717, 1.165) is 11.8 Å². The molecule has 0 N–H and O–H groups in total. The Hall–Kier alpha value is -3.98. The van der Waals surface area contributed by atoms with Gasteiger partial charge in [0.1, 0.15) is 5.82 Å². The number of nitro benzene ring substituents is 1. The van der Waals surface area contributed by atoms with Crippen LogP contribution in [0.15, 0.2) is 88.7 Å². The van der Waals surface area contributed by atoms with E-state index in [2.05, 4.69) is 5.10 Å². The number of ether oxygens (including phenoxy) is 1. The Morgan fingerprint density at radius 1 is 1.06 bits per heavy atom. The van der Waals surface area contributed by atoms with Gasteiger partial charge in [0.15, 0.2) is 0 Å². The van der Waals surface area contributed by atoms with E-state index in [9.17, 15) is 19.3 Å². The molecule has 3 aromatic carbocycles. The number of esters is 1. The molecular formula is C24H18FN3O4S. The van der Waals surface area contributed by atoms with Crippen molar-refractivity contribution in [2.24, 2.45) is 0 Å². The number of hydrogen-bond donors (Lipinski definition) is 0.